The second-order valence-electron chi connectivity index (χ2n) is 0.908. The molecule has 13 heteroatoms. The van der Waals surface area contributed by atoms with Crippen molar-refractivity contribution in [3.63, 3.8) is 0 Å². The first-order valence-corrected chi connectivity index (χ1v) is 4.45. The Bertz CT molecular complexity index is 157. The van der Waals surface area contributed by atoms with Crippen molar-refractivity contribution in [1.29, 1.82) is 0 Å². The number of hydrogen-bond acceptors (Lipinski definition) is 8. The van der Waals surface area contributed by atoms with Crippen LogP contribution in [0.3, 0.4) is 0 Å². The van der Waals surface area contributed by atoms with E-state index in [0.29, 0.717) is 0 Å². The molecule has 0 aliphatic heterocycles. The van der Waals surface area contributed by atoms with Gasteiger partial charge in [-0.3, -0.25) is 8.42 Å². The minimum absolute atomic E-state index is 0. The molecule has 0 saturated heterocycles. The van der Waals surface area contributed by atoms with Gasteiger partial charge in [-0.05, 0) is 0 Å². The molecule has 64 valence electrons. The molecule has 0 aliphatic carbocycles. The first-order chi connectivity index (χ1) is 4.00. The maximum absolute atomic E-state index is 8.58. The van der Waals surface area contributed by atoms with Gasteiger partial charge in [0.1, 0.15) is 0 Å². The summed E-state index contributed by atoms with van der Waals surface area (Å²) in [5, 5.41) is 0. The molecule has 0 atom stereocenters. The fourth-order valence-electron chi connectivity index (χ4n) is 0. The summed E-state index contributed by atoms with van der Waals surface area (Å²) in [5.74, 6) is 0. The van der Waals surface area contributed by atoms with Gasteiger partial charge in [-0.15, -0.1) is 0 Å². The van der Waals surface area contributed by atoms with Crippen LogP contribution in [0, 0.1) is 0 Å². The molecule has 0 aromatic carbocycles. The van der Waals surface area contributed by atoms with Crippen LogP contribution in [-0.4, -0.2) is 125 Å². The van der Waals surface area contributed by atoms with E-state index in [9.17, 15) is 0 Å². The topological polar surface area (TPSA) is 172 Å². The second kappa shape index (κ2) is 13.3. The van der Waals surface area contributed by atoms with Crippen molar-refractivity contribution in [2.75, 3.05) is 0 Å². The van der Waals surface area contributed by atoms with Crippen LogP contribution in [0.5, 0.6) is 0 Å². The van der Waals surface area contributed by atoms with Crippen LogP contribution in [0.4, 0.5) is 0 Å². The molecule has 8 nitrogen and oxygen atoms in total. The average molecular weight is 293 g/mol. The van der Waals surface area contributed by atoms with Crippen molar-refractivity contribution >= 4 is 118 Å². The van der Waals surface area contributed by atoms with Crippen LogP contribution in [0.25, 0.3) is 0 Å². The summed E-state index contributed by atoms with van der Waals surface area (Å²) in [6, 6.07) is 0. The molecule has 0 aromatic heterocycles. The molecule has 0 saturated carbocycles. The van der Waals surface area contributed by atoms with E-state index in [2.05, 4.69) is 0 Å². The van der Waals surface area contributed by atoms with E-state index < -0.39 is 19.4 Å². The predicted molar refractivity (Wildman–Crippen MR) is 33.5 cm³/mol. The maximum atomic E-state index is 8.58. The monoisotopic (exact) mass is 292 g/mol. The molecular formula is Ca2MgO8SSi. The van der Waals surface area contributed by atoms with E-state index in [0.717, 1.165) is 0 Å². The molecule has 0 amide bonds. The third-order valence-electron chi connectivity index (χ3n) is 0. The Morgan fingerprint density at radius 3 is 0.846 bits per heavy atom. The largest absolute Gasteiger partial charge is 2.00 e. The zero-order valence-electron chi connectivity index (χ0n) is 6.30. The number of hydrogen-bond donors (Lipinski definition) is 0. The summed E-state index contributed by atoms with van der Waals surface area (Å²) < 4.78 is 34.1. The van der Waals surface area contributed by atoms with Crippen LogP contribution in [0.2, 0.25) is 0 Å². The Hall–Kier alpha value is 3.21. The summed E-state index contributed by atoms with van der Waals surface area (Å²) in [5.41, 5.74) is 0. The van der Waals surface area contributed by atoms with Crippen LogP contribution in [-0.2, 0) is 10.4 Å². The van der Waals surface area contributed by atoms with Gasteiger partial charge in [0.25, 0.3) is 0 Å². The van der Waals surface area contributed by atoms with E-state index in [-0.39, 0.29) is 98.5 Å². The second-order valence-corrected chi connectivity index (χ2v) is 2.72. The molecule has 0 radical (unpaired) electrons. The van der Waals surface area contributed by atoms with Crippen molar-refractivity contribution in [2.24, 2.45) is 0 Å². The Balaban J connectivity index is -0.0000000267. The molecule has 0 heterocycles. The zero-order valence-corrected chi connectivity index (χ0v) is 13.9. The molecule has 0 unspecified atom stereocenters. The summed E-state index contributed by atoms with van der Waals surface area (Å²) in [7, 11) is -10.8. The van der Waals surface area contributed by atoms with E-state index in [1.807, 2.05) is 0 Å². The quantitative estimate of drug-likeness (QED) is 0.240. The summed E-state index contributed by atoms with van der Waals surface area (Å²) in [6.07, 6.45) is 0. The van der Waals surface area contributed by atoms with Gasteiger partial charge in [0, 0.05) is 10.4 Å². The molecule has 0 aromatic rings. The third kappa shape index (κ3) is 257. The van der Waals surface area contributed by atoms with Gasteiger partial charge in [-0.2, -0.15) is 0 Å². The van der Waals surface area contributed by atoms with Gasteiger partial charge in [-0.1, -0.05) is 0 Å². The van der Waals surface area contributed by atoms with E-state index in [1.54, 1.807) is 0 Å². The molecule has 0 N–H and O–H groups in total. The smallest absolute Gasteiger partial charge is 0.894 e. The van der Waals surface area contributed by atoms with Crippen molar-refractivity contribution < 1.29 is 36.7 Å². The van der Waals surface area contributed by atoms with Crippen LogP contribution >= 0.6 is 0 Å². The number of rotatable bonds is 0. The van der Waals surface area contributed by atoms with Crippen LogP contribution in [0.1, 0.15) is 0 Å². The molecule has 0 aliphatic rings. The van der Waals surface area contributed by atoms with Gasteiger partial charge in [0.2, 0.25) is 0 Å². The summed E-state index contributed by atoms with van der Waals surface area (Å²) in [4.78, 5) is 34.3. The molecule has 0 spiro atoms. The van der Waals surface area contributed by atoms with Crippen molar-refractivity contribution in [3.05, 3.63) is 0 Å². The molecular weight excluding hydrogens is 293 g/mol. The van der Waals surface area contributed by atoms with E-state index in [4.69, 9.17) is 36.7 Å². The van der Waals surface area contributed by atoms with Gasteiger partial charge in [-0.25, -0.2) is 0 Å². The molecule has 0 bridgehead atoms. The fraction of sp³-hybridized carbons (Fsp3) is 0. The van der Waals surface area contributed by atoms with E-state index >= 15 is 0 Å². The standard InChI is InChI=1S/2Ca.Mg.H2O4S.O4Si/c;;;2*1-5(2,3)4/h;;;(H2,1,2,3,4);/q3*+2;;-4/p-2. The minimum Gasteiger partial charge on any atom is -0.894 e. The van der Waals surface area contributed by atoms with Gasteiger partial charge in [0.05, 0.1) is 0 Å². The Morgan fingerprint density at radius 2 is 0.846 bits per heavy atom. The fourth-order valence-corrected chi connectivity index (χ4v) is 0. The Labute approximate surface area is 152 Å². The predicted octanol–water partition coefficient (Wildman–Crippen LogP) is -7.62. The van der Waals surface area contributed by atoms with Crippen LogP contribution < -0.4 is 19.2 Å². The van der Waals surface area contributed by atoms with Crippen LogP contribution in [0.15, 0.2) is 0 Å². The molecule has 13 heavy (non-hydrogen) atoms. The summed E-state index contributed by atoms with van der Waals surface area (Å²) in [6.45, 7) is 0. The Kier molecular flexibility index (Phi) is 30.5. The van der Waals surface area contributed by atoms with Crippen molar-refractivity contribution in [3.8, 4) is 0 Å². The average Bonchev–Trinajstić information content (AvgIpc) is 1.12. The van der Waals surface area contributed by atoms with Gasteiger partial charge >= 0.3 is 98.5 Å². The third-order valence-corrected chi connectivity index (χ3v) is 0. The maximum Gasteiger partial charge on any atom is 2.00 e. The summed E-state index contributed by atoms with van der Waals surface area (Å²) >= 11 is 0. The van der Waals surface area contributed by atoms with Gasteiger partial charge < -0.3 is 37.3 Å². The minimum atomic E-state index is -5.61. The van der Waals surface area contributed by atoms with E-state index in [1.165, 1.54) is 0 Å². The normalized spacial score (nSPS) is 9.08. The SMILES string of the molecule is O=S(=O)([O-])[O-].[Ca+2].[Ca+2].[Mg+2].[O-][Si]([O-])([O-])[O-]. The van der Waals surface area contributed by atoms with Crippen molar-refractivity contribution in [1.82, 2.24) is 0 Å². The van der Waals surface area contributed by atoms with Gasteiger partial charge in [0.15, 0.2) is 0 Å². The van der Waals surface area contributed by atoms with Crippen molar-refractivity contribution in [2.45, 2.75) is 0 Å². The molecule has 0 rings (SSSR count). The Morgan fingerprint density at radius 1 is 0.846 bits per heavy atom. The first kappa shape index (κ1) is 29.8. The zero-order chi connectivity index (χ0) is 9.00. The first-order valence-electron chi connectivity index (χ1n) is 1.48. The molecule has 0 fully saturated rings.